The lowest BCUT2D eigenvalue weighted by molar-refractivity contribution is -0.136. The summed E-state index contributed by atoms with van der Waals surface area (Å²) in [7, 11) is 0. The predicted molar refractivity (Wildman–Crippen MR) is 106 cm³/mol. The molecule has 29 heavy (non-hydrogen) atoms. The van der Waals surface area contributed by atoms with Gasteiger partial charge in [0, 0.05) is 25.7 Å². The number of anilines is 1. The molecule has 0 saturated heterocycles. The van der Waals surface area contributed by atoms with Crippen LogP contribution in [0, 0.1) is 12.7 Å². The van der Waals surface area contributed by atoms with Crippen LogP contribution in [0.4, 0.5) is 10.2 Å². The van der Waals surface area contributed by atoms with Crippen LogP contribution in [-0.2, 0) is 29.2 Å². The highest BCUT2D eigenvalue weighted by atomic mass is 19.1. The minimum absolute atomic E-state index is 0.183. The van der Waals surface area contributed by atoms with Gasteiger partial charge in [0.2, 0.25) is 0 Å². The maximum Gasteiger partial charge on any atom is 0.314 e. The van der Waals surface area contributed by atoms with E-state index in [0.29, 0.717) is 5.69 Å². The number of nitrogens with one attached hydrogen (secondary N) is 3. The van der Waals surface area contributed by atoms with E-state index in [1.54, 1.807) is 31.2 Å². The highest BCUT2D eigenvalue weighted by Gasteiger charge is 2.18. The van der Waals surface area contributed by atoms with Gasteiger partial charge in [-0.2, -0.15) is 5.10 Å². The number of hydrogen-bond donors (Lipinski definition) is 3. The Labute approximate surface area is 166 Å². The fourth-order valence-electron chi connectivity index (χ4n) is 3.29. The van der Waals surface area contributed by atoms with Crippen molar-refractivity contribution in [3.05, 3.63) is 76.7 Å². The molecule has 3 aromatic rings. The molecule has 0 bridgehead atoms. The summed E-state index contributed by atoms with van der Waals surface area (Å²) in [5.41, 5.74) is 4.12. The Morgan fingerprint density at radius 2 is 1.90 bits per heavy atom. The van der Waals surface area contributed by atoms with Gasteiger partial charge in [-0.25, -0.2) is 9.07 Å². The second-order valence-electron chi connectivity index (χ2n) is 6.88. The Morgan fingerprint density at radius 3 is 2.72 bits per heavy atom. The fourth-order valence-corrected chi connectivity index (χ4v) is 3.29. The smallest absolute Gasteiger partial charge is 0.314 e. The SMILES string of the molecule is Cc1cc(NC(=O)C(=O)NCc2ccc3c(c2)CNC3)n(-c2ccccc2F)n1. The van der Waals surface area contributed by atoms with E-state index in [2.05, 4.69) is 21.0 Å². The van der Waals surface area contributed by atoms with E-state index in [4.69, 9.17) is 0 Å². The molecular formula is C21H20FN5O2. The number of amides is 2. The number of aromatic nitrogens is 2. The normalized spacial score (nSPS) is 12.5. The van der Waals surface area contributed by atoms with Crippen molar-refractivity contribution in [1.82, 2.24) is 20.4 Å². The van der Waals surface area contributed by atoms with Gasteiger partial charge < -0.3 is 16.0 Å². The molecule has 148 valence electrons. The summed E-state index contributed by atoms with van der Waals surface area (Å²) in [5, 5.41) is 12.6. The molecule has 1 aromatic heterocycles. The van der Waals surface area contributed by atoms with E-state index < -0.39 is 17.6 Å². The molecule has 2 aromatic carbocycles. The van der Waals surface area contributed by atoms with Gasteiger partial charge in [0.1, 0.15) is 17.3 Å². The molecule has 0 unspecified atom stereocenters. The molecular weight excluding hydrogens is 373 g/mol. The largest absolute Gasteiger partial charge is 0.344 e. The van der Waals surface area contributed by atoms with Gasteiger partial charge in [-0.05, 0) is 35.7 Å². The molecule has 4 rings (SSSR count). The first-order valence-corrected chi connectivity index (χ1v) is 9.23. The van der Waals surface area contributed by atoms with E-state index in [-0.39, 0.29) is 18.1 Å². The first-order valence-electron chi connectivity index (χ1n) is 9.23. The van der Waals surface area contributed by atoms with E-state index in [1.165, 1.54) is 21.9 Å². The summed E-state index contributed by atoms with van der Waals surface area (Å²) in [5.74, 6) is -1.88. The molecule has 2 amide bonds. The van der Waals surface area contributed by atoms with E-state index in [0.717, 1.165) is 18.7 Å². The summed E-state index contributed by atoms with van der Waals surface area (Å²) < 4.78 is 15.4. The van der Waals surface area contributed by atoms with Crippen molar-refractivity contribution in [2.24, 2.45) is 0 Å². The van der Waals surface area contributed by atoms with Crippen LogP contribution in [0.15, 0.2) is 48.5 Å². The number of rotatable bonds is 4. The van der Waals surface area contributed by atoms with Crippen molar-refractivity contribution in [2.75, 3.05) is 5.32 Å². The average Bonchev–Trinajstić information content (AvgIpc) is 3.32. The van der Waals surface area contributed by atoms with Crippen LogP contribution in [-0.4, -0.2) is 21.6 Å². The van der Waals surface area contributed by atoms with Crippen LogP contribution in [0.25, 0.3) is 5.69 Å². The highest BCUT2D eigenvalue weighted by Crippen LogP contribution is 2.20. The Balaban J connectivity index is 1.43. The first kappa shape index (κ1) is 18.8. The minimum Gasteiger partial charge on any atom is -0.344 e. The summed E-state index contributed by atoms with van der Waals surface area (Å²) in [4.78, 5) is 24.6. The number of aryl methyl sites for hydroxylation is 1. The Morgan fingerprint density at radius 1 is 1.10 bits per heavy atom. The fraction of sp³-hybridized carbons (Fsp3) is 0.190. The molecule has 0 aliphatic carbocycles. The van der Waals surface area contributed by atoms with Crippen LogP contribution < -0.4 is 16.0 Å². The van der Waals surface area contributed by atoms with Crippen LogP contribution >= 0.6 is 0 Å². The van der Waals surface area contributed by atoms with Crippen molar-refractivity contribution in [3.63, 3.8) is 0 Å². The Hall–Kier alpha value is -3.52. The molecule has 7 nitrogen and oxygen atoms in total. The van der Waals surface area contributed by atoms with E-state index in [1.807, 2.05) is 18.2 Å². The lowest BCUT2D eigenvalue weighted by atomic mass is 10.1. The third kappa shape index (κ3) is 4.02. The second kappa shape index (κ2) is 7.84. The molecule has 0 radical (unpaired) electrons. The number of nitrogens with zero attached hydrogens (tertiary/aromatic N) is 2. The van der Waals surface area contributed by atoms with Crippen LogP contribution in [0.3, 0.4) is 0 Å². The lowest BCUT2D eigenvalue weighted by Gasteiger charge is -2.10. The average molecular weight is 393 g/mol. The second-order valence-corrected chi connectivity index (χ2v) is 6.88. The summed E-state index contributed by atoms with van der Waals surface area (Å²) in [6.45, 7) is 3.61. The molecule has 0 saturated carbocycles. The molecule has 1 aliphatic heterocycles. The van der Waals surface area contributed by atoms with Crippen molar-refractivity contribution in [1.29, 1.82) is 0 Å². The van der Waals surface area contributed by atoms with Crippen molar-refractivity contribution >= 4 is 17.6 Å². The number of hydrogen-bond acceptors (Lipinski definition) is 4. The Kier molecular flexibility index (Phi) is 5.09. The third-order valence-electron chi connectivity index (χ3n) is 4.71. The zero-order valence-electron chi connectivity index (χ0n) is 15.8. The number of fused-ring (bicyclic) bond motifs is 1. The summed E-state index contributed by atoms with van der Waals surface area (Å²) in [6, 6.07) is 13.6. The minimum atomic E-state index is -0.842. The maximum atomic E-state index is 14.1. The predicted octanol–water partition coefficient (Wildman–Crippen LogP) is 2.18. The number of para-hydroxylation sites is 1. The van der Waals surface area contributed by atoms with Gasteiger partial charge in [-0.1, -0.05) is 30.3 Å². The number of benzene rings is 2. The van der Waals surface area contributed by atoms with Gasteiger partial charge in [0.15, 0.2) is 0 Å². The molecule has 0 spiro atoms. The van der Waals surface area contributed by atoms with E-state index >= 15 is 0 Å². The molecule has 3 N–H and O–H groups in total. The van der Waals surface area contributed by atoms with Crippen molar-refractivity contribution in [2.45, 2.75) is 26.6 Å². The van der Waals surface area contributed by atoms with Crippen molar-refractivity contribution < 1.29 is 14.0 Å². The van der Waals surface area contributed by atoms with Crippen LogP contribution in [0.5, 0.6) is 0 Å². The maximum absolute atomic E-state index is 14.1. The lowest BCUT2D eigenvalue weighted by Crippen LogP contribution is -2.35. The summed E-state index contributed by atoms with van der Waals surface area (Å²) >= 11 is 0. The number of halogens is 1. The van der Waals surface area contributed by atoms with Gasteiger partial charge in [0.25, 0.3) is 0 Å². The van der Waals surface area contributed by atoms with Gasteiger partial charge in [-0.3, -0.25) is 9.59 Å². The van der Waals surface area contributed by atoms with Crippen LogP contribution in [0.2, 0.25) is 0 Å². The zero-order chi connectivity index (χ0) is 20.4. The first-order chi connectivity index (χ1) is 14.0. The van der Waals surface area contributed by atoms with Gasteiger partial charge >= 0.3 is 11.8 Å². The van der Waals surface area contributed by atoms with Crippen molar-refractivity contribution in [3.8, 4) is 5.69 Å². The highest BCUT2D eigenvalue weighted by molar-refractivity contribution is 6.39. The summed E-state index contributed by atoms with van der Waals surface area (Å²) in [6.07, 6.45) is 0. The number of carbonyl (C=O) groups is 2. The standard InChI is InChI=1S/C21H20FN5O2/c1-13-8-19(27(26-13)18-5-3-2-4-17(18)22)25-21(29)20(28)24-10-14-6-7-15-11-23-12-16(15)9-14/h2-9,23H,10-12H2,1H3,(H,24,28)(H,25,29). The monoisotopic (exact) mass is 393 g/mol. The molecule has 8 heteroatoms. The molecule has 0 fully saturated rings. The van der Waals surface area contributed by atoms with Crippen LogP contribution in [0.1, 0.15) is 22.4 Å². The molecule has 0 atom stereocenters. The zero-order valence-corrected chi connectivity index (χ0v) is 15.8. The molecule has 2 heterocycles. The number of carbonyl (C=O) groups excluding carboxylic acids is 2. The van der Waals surface area contributed by atoms with E-state index in [9.17, 15) is 14.0 Å². The van der Waals surface area contributed by atoms with Gasteiger partial charge in [-0.15, -0.1) is 0 Å². The van der Waals surface area contributed by atoms with Gasteiger partial charge in [0.05, 0.1) is 5.69 Å². The molecule has 1 aliphatic rings. The topological polar surface area (TPSA) is 88.0 Å². The third-order valence-corrected chi connectivity index (χ3v) is 4.71. The Bertz CT molecular complexity index is 1090. The quantitative estimate of drug-likeness (QED) is 0.593.